The molecule has 0 saturated carbocycles. The molecule has 2 aromatic rings. The number of ether oxygens (including phenoxy) is 1. The van der Waals surface area contributed by atoms with E-state index in [2.05, 4.69) is 42.5 Å². The zero-order valence-electron chi connectivity index (χ0n) is 12.5. The quantitative estimate of drug-likeness (QED) is 0.842. The van der Waals surface area contributed by atoms with Crippen molar-refractivity contribution in [3.05, 3.63) is 47.3 Å². The first-order valence-electron chi connectivity index (χ1n) is 7.09. The molecule has 2 rings (SSSR count). The normalized spacial score (nSPS) is 10.8. The Balaban J connectivity index is 1.94. The average molecular weight is 273 g/mol. The summed E-state index contributed by atoms with van der Waals surface area (Å²) in [6.07, 6.45) is 4.79. The Labute approximate surface area is 120 Å². The van der Waals surface area contributed by atoms with Gasteiger partial charge >= 0.3 is 0 Å². The summed E-state index contributed by atoms with van der Waals surface area (Å²) in [7, 11) is 1.93. The van der Waals surface area contributed by atoms with Crippen molar-refractivity contribution in [3.63, 3.8) is 0 Å². The maximum Gasteiger partial charge on any atom is 0.123 e. The van der Waals surface area contributed by atoms with E-state index in [1.165, 1.54) is 16.7 Å². The van der Waals surface area contributed by atoms with Crippen molar-refractivity contribution in [2.75, 3.05) is 13.2 Å². The van der Waals surface area contributed by atoms with Crippen LogP contribution in [-0.2, 0) is 20.0 Å². The molecular formula is C16H23N3O. The van der Waals surface area contributed by atoms with E-state index in [1.807, 2.05) is 24.1 Å². The summed E-state index contributed by atoms with van der Waals surface area (Å²) in [5.74, 6) is 0.973. The van der Waals surface area contributed by atoms with Crippen LogP contribution in [0.3, 0.4) is 0 Å². The second-order valence-electron chi connectivity index (χ2n) is 5.01. The zero-order chi connectivity index (χ0) is 14.4. The molecule has 4 nitrogen and oxygen atoms in total. The van der Waals surface area contributed by atoms with E-state index in [0.717, 1.165) is 25.3 Å². The van der Waals surface area contributed by atoms with Crippen molar-refractivity contribution >= 4 is 0 Å². The van der Waals surface area contributed by atoms with Crippen molar-refractivity contribution in [2.24, 2.45) is 7.05 Å². The van der Waals surface area contributed by atoms with Crippen molar-refractivity contribution in [3.8, 4) is 5.75 Å². The van der Waals surface area contributed by atoms with Gasteiger partial charge in [0.25, 0.3) is 0 Å². The molecule has 108 valence electrons. The van der Waals surface area contributed by atoms with Crippen molar-refractivity contribution in [1.29, 1.82) is 0 Å². The lowest BCUT2D eigenvalue weighted by Gasteiger charge is -2.12. The predicted octanol–water partition coefficient (Wildman–Crippen LogP) is 2.46. The van der Waals surface area contributed by atoms with Gasteiger partial charge in [-0.3, -0.25) is 4.68 Å². The first-order chi connectivity index (χ1) is 9.69. The van der Waals surface area contributed by atoms with Crippen molar-refractivity contribution in [2.45, 2.75) is 26.8 Å². The third-order valence-corrected chi connectivity index (χ3v) is 3.19. The molecule has 0 spiro atoms. The fourth-order valence-electron chi connectivity index (χ4n) is 2.13. The highest BCUT2D eigenvalue weighted by Gasteiger charge is 2.04. The van der Waals surface area contributed by atoms with Gasteiger partial charge in [-0.1, -0.05) is 24.6 Å². The lowest BCUT2D eigenvalue weighted by Crippen LogP contribution is -2.13. The molecule has 0 bridgehead atoms. The number of nitrogens with one attached hydrogen (secondary N) is 1. The molecule has 1 heterocycles. The molecule has 0 atom stereocenters. The van der Waals surface area contributed by atoms with Crippen LogP contribution >= 0.6 is 0 Å². The maximum atomic E-state index is 5.93. The Hall–Kier alpha value is -1.81. The van der Waals surface area contributed by atoms with Gasteiger partial charge in [0.2, 0.25) is 0 Å². The minimum Gasteiger partial charge on any atom is -0.493 e. The second-order valence-corrected chi connectivity index (χ2v) is 5.01. The van der Waals surface area contributed by atoms with Crippen molar-refractivity contribution in [1.82, 2.24) is 15.1 Å². The molecule has 0 aliphatic rings. The summed E-state index contributed by atoms with van der Waals surface area (Å²) >= 11 is 0. The highest BCUT2D eigenvalue weighted by Crippen LogP contribution is 2.20. The minimum atomic E-state index is 0.674. The van der Waals surface area contributed by atoms with Gasteiger partial charge in [-0.05, 0) is 25.1 Å². The van der Waals surface area contributed by atoms with E-state index in [-0.39, 0.29) is 0 Å². The van der Waals surface area contributed by atoms with Crippen LogP contribution in [0.25, 0.3) is 0 Å². The van der Waals surface area contributed by atoms with Crippen LogP contribution in [0.1, 0.15) is 23.6 Å². The SMILES string of the molecule is CCNCc1cc(C)ccc1OCCc1cnn(C)c1. The summed E-state index contributed by atoms with van der Waals surface area (Å²) in [5, 5.41) is 7.51. The third kappa shape index (κ3) is 4.10. The molecule has 0 amide bonds. The molecule has 0 fully saturated rings. The average Bonchev–Trinajstić information content (AvgIpc) is 2.84. The van der Waals surface area contributed by atoms with E-state index in [4.69, 9.17) is 4.74 Å². The number of rotatable bonds is 7. The van der Waals surface area contributed by atoms with Gasteiger partial charge in [0, 0.05) is 31.8 Å². The monoisotopic (exact) mass is 273 g/mol. The van der Waals surface area contributed by atoms with Gasteiger partial charge < -0.3 is 10.1 Å². The molecule has 0 saturated heterocycles. The van der Waals surface area contributed by atoms with E-state index < -0.39 is 0 Å². The van der Waals surface area contributed by atoms with Crippen LogP contribution < -0.4 is 10.1 Å². The number of hydrogen-bond acceptors (Lipinski definition) is 3. The van der Waals surface area contributed by atoms with Gasteiger partial charge in [0.1, 0.15) is 5.75 Å². The topological polar surface area (TPSA) is 39.1 Å². The Morgan fingerprint density at radius 2 is 2.20 bits per heavy atom. The molecule has 0 aliphatic carbocycles. The van der Waals surface area contributed by atoms with Gasteiger partial charge in [-0.25, -0.2) is 0 Å². The summed E-state index contributed by atoms with van der Waals surface area (Å²) in [6, 6.07) is 6.34. The highest BCUT2D eigenvalue weighted by atomic mass is 16.5. The molecule has 1 aromatic carbocycles. The van der Waals surface area contributed by atoms with Gasteiger partial charge in [-0.15, -0.1) is 0 Å². The smallest absolute Gasteiger partial charge is 0.123 e. The van der Waals surface area contributed by atoms with E-state index in [1.54, 1.807) is 0 Å². The van der Waals surface area contributed by atoms with Crippen LogP contribution in [0.4, 0.5) is 0 Å². The summed E-state index contributed by atoms with van der Waals surface area (Å²) < 4.78 is 7.74. The Morgan fingerprint density at radius 3 is 2.90 bits per heavy atom. The molecule has 4 heteroatoms. The third-order valence-electron chi connectivity index (χ3n) is 3.19. The summed E-state index contributed by atoms with van der Waals surface area (Å²) in [5.41, 5.74) is 3.68. The van der Waals surface area contributed by atoms with E-state index in [0.29, 0.717) is 6.61 Å². The standard InChI is InChI=1S/C16H23N3O/c1-4-17-11-15-9-13(2)5-6-16(15)20-8-7-14-10-18-19(3)12-14/h5-6,9-10,12,17H,4,7-8,11H2,1-3H3. The number of benzene rings is 1. The predicted molar refractivity (Wildman–Crippen MR) is 81.0 cm³/mol. The Morgan fingerprint density at radius 1 is 1.35 bits per heavy atom. The molecule has 0 unspecified atom stereocenters. The number of aromatic nitrogens is 2. The van der Waals surface area contributed by atoms with Gasteiger partial charge in [0.15, 0.2) is 0 Å². The lowest BCUT2D eigenvalue weighted by molar-refractivity contribution is 0.317. The number of aryl methyl sites for hydroxylation is 2. The highest BCUT2D eigenvalue weighted by molar-refractivity contribution is 5.36. The van der Waals surface area contributed by atoms with Crippen LogP contribution in [0.5, 0.6) is 5.75 Å². The lowest BCUT2D eigenvalue weighted by atomic mass is 10.1. The fraction of sp³-hybridized carbons (Fsp3) is 0.438. The minimum absolute atomic E-state index is 0.674. The fourth-order valence-corrected chi connectivity index (χ4v) is 2.13. The van der Waals surface area contributed by atoms with Crippen LogP contribution in [0.15, 0.2) is 30.6 Å². The number of nitrogens with zero attached hydrogens (tertiary/aromatic N) is 2. The van der Waals surface area contributed by atoms with Gasteiger partial charge in [-0.2, -0.15) is 5.10 Å². The molecule has 1 N–H and O–H groups in total. The molecule has 0 aliphatic heterocycles. The van der Waals surface area contributed by atoms with Gasteiger partial charge in [0.05, 0.1) is 12.8 Å². The molecular weight excluding hydrogens is 250 g/mol. The molecule has 0 radical (unpaired) electrons. The summed E-state index contributed by atoms with van der Waals surface area (Å²) in [4.78, 5) is 0. The van der Waals surface area contributed by atoms with Crippen LogP contribution in [-0.4, -0.2) is 22.9 Å². The maximum absolute atomic E-state index is 5.93. The first kappa shape index (κ1) is 14.6. The largest absolute Gasteiger partial charge is 0.493 e. The van der Waals surface area contributed by atoms with Crippen LogP contribution in [0.2, 0.25) is 0 Å². The first-order valence-corrected chi connectivity index (χ1v) is 7.09. The van der Waals surface area contributed by atoms with Crippen molar-refractivity contribution < 1.29 is 4.74 Å². The molecule has 20 heavy (non-hydrogen) atoms. The Bertz CT molecular complexity index is 548. The zero-order valence-corrected chi connectivity index (χ0v) is 12.5. The van der Waals surface area contributed by atoms with Crippen LogP contribution in [0, 0.1) is 6.92 Å². The second kappa shape index (κ2) is 7.10. The van der Waals surface area contributed by atoms with E-state index in [9.17, 15) is 0 Å². The summed E-state index contributed by atoms with van der Waals surface area (Å²) in [6.45, 7) is 6.70. The number of hydrogen-bond donors (Lipinski definition) is 1. The van der Waals surface area contributed by atoms with E-state index >= 15 is 0 Å². The Kier molecular flexibility index (Phi) is 5.18. The molecule has 1 aromatic heterocycles.